The lowest BCUT2D eigenvalue weighted by Crippen LogP contribution is -2.58. The fraction of sp³-hybridized carbons (Fsp3) is 0.565. The van der Waals surface area contributed by atoms with Crippen molar-refractivity contribution >= 4 is 23.7 Å². The Labute approximate surface area is 214 Å². The molecule has 204 valence electrons. The van der Waals surface area contributed by atoms with E-state index in [1.165, 1.54) is 18.9 Å². The van der Waals surface area contributed by atoms with E-state index in [0.717, 1.165) is 0 Å². The Morgan fingerprint density at radius 1 is 0.892 bits per heavy atom. The molecule has 2 heterocycles. The average molecular weight is 520 g/mol. The topological polar surface area (TPSA) is 234 Å². The molecule has 0 saturated carbocycles. The summed E-state index contributed by atoms with van der Waals surface area (Å²) in [6, 6.07) is -4.15. The molecule has 0 radical (unpaired) electrons. The van der Waals surface area contributed by atoms with Crippen LogP contribution in [0, 0.1) is 5.92 Å². The van der Waals surface area contributed by atoms with Crippen LogP contribution in [0.2, 0.25) is 0 Å². The number of imidazole rings is 2. The normalized spacial score (nSPS) is 14.4. The molecule has 37 heavy (non-hydrogen) atoms. The molecule has 14 heteroatoms. The molecule has 0 aliphatic heterocycles. The Balaban J connectivity index is 2.08. The number of hydrogen-bond acceptors (Lipinski definition) is 8. The van der Waals surface area contributed by atoms with Gasteiger partial charge in [0, 0.05) is 36.6 Å². The number of nitrogens with one attached hydrogen (secondary N) is 5. The second-order valence-electron chi connectivity index (χ2n) is 9.14. The molecule has 2 aromatic rings. The van der Waals surface area contributed by atoms with Gasteiger partial charge < -0.3 is 42.5 Å². The maximum absolute atomic E-state index is 13.2. The van der Waals surface area contributed by atoms with Crippen LogP contribution in [0.5, 0.6) is 0 Å². The number of carbonyl (C=O) groups excluding carboxylic acids is 3. The maximum Gasteiger partial charge on any atom is 0.326 e. The zero-order chi connectivity index (χ0) is 27.4. The predicted molar refractivity (Wildman–Crippen MR) is 134 cm³/mol. The van der Waals surface area contributed by atoms with Crippen LogP contribution in [0.1, 0.15) is 44.5 Å². The van der Waals surface area contributed by atoms with Gasteiger partial charge in [-0.1, -0.05) is 13.8 Å². The molecule has 0 bridgehead atoms. The number of carbonyl (C=O) groups is 4. The van der Waals surface area contributed by atoms with Crippen molar-refractivity contribution in [3.8, 4) is 0 Å². The molecule has 0 aliphatic rings. The van der Waals surface area contributed by atoms with Gasteiger partial charge in [-0.15, -0.1) is 0 Å². The molecule has 0 spiro atoms. The van der Waals surface area contributed by atoms with E-state index in [4.69, 9.17) is 11.5 Å². The van der Waals surface area contributed by atoms with Gasteiger partial charge in [0.1, 0.15) is 18.1 Å². The number of H-pyrrole nitrogens is 2. The zero-order valence-electron chi connectivity index (χ0n) is 21.1. The van der Waals surface area contributed by atoms with Crippen molar-refractivity contribution in [3.05, 3.63) is 36.4 Å². The van der Waals surface area contributed by atoms with Gasteiger partial charge >= 0.3 is 5.97 Å². The number of aromatic amines is 2. The van der Waals surface area contributed by atoms with Gasteiger partial charge in [0.25, 0.3) is 0 Å². The molecular formula is C23H37N9O5. The lowest BCUT2D eigenvalue weighted by atomic mass is 10.0. The van der Waals surface area contributed by atoms with Crippen LogP contribution in [0.15, 0.2) is 25.0 Å². The Kier molecular flexibility index (Phi) is 11.7. The van der Waals surface area contributed by atoms with Gasteiger partial charge in [0.15, 0.2) is 0 Å². The fourth-order valence-electron chi connectivity index (χ4n) is 3.63. The van der Waals surface area contributed by atoms with Crippen LogP contribution in [-0.4, -0.2) is 79.4 Å². The largest absolute Gasteiger partial charge is 0.480 e. The summed E-state index contributed by atoms with van der Waals surface area (Å²) in [6.07, 6.45) is 7.49. The highest BCUT2D eigenvalue weighted by molar-refractivity contribution is 5.94. The summed E-state index contributed by atoms with van der Waals surface area (Å²) in [6.45, 7) is 3.90. The van der Waals surface area contributed by atoms with E-state index in [9.17, 15) is 24.3 Å². The standard InChI is InChI=1S/C23H37N9O5/c1-13(2)19(32-20(33)16(25)7-14-9-26-11-28-14)22(35)30-17(5-3-4-6-24)21(34)31-18(23(36)37)8-15-10-27-12-29-15/h9-13,16-19H,3-8,24-25H2,1-2H3,(H,26,28)(H,27,29)(H,30,35)(H,31,34)(H,32,33)(H,36,37). The van der Waals surface area contributed by atoms with E-state index in [-0.39, 0.29) is 25.2 Å². The molecule has 4 atom stereocenters. The zero-order valence-corrected chi connectivity index (χ0v) is 21.1. The minimum atomic E-state index is -1.23. The first kappa shape index (κ1) is 29.5. The minimum Gasteiger partial charge on any atom is -0.480 e. The van der Waals surface area contributed by atoms with E-state index in [1.807, 2.05) is 0 Å². The number of carboxylic acids is 1. The van der Waals surface area contributed by atoms with Crippen LogP contribution < -0.4 is 27.4 Å². The number of hydrogen-bond donors (Lipinski definition) is 8. The van der Waals surface area contributed by atoms with Crippen molar-refractivity contribution in [1.29, 1.82) is 0 Å². The third kappa shape index (κ3) is 9.65. The molecule has 4 unspecified atom stereocenters. The van der Waals surface area contributed by atoms with Gasteiger partial charge in [0.05, 0.1) is 18.7 Å². The highest BCUT2D eigenvalue weighted by Gasteiger charge is 2.31. The van der Waals surface area contributed by atoms with E-state index in [1.54, 1.807) is 20.0 Å². The number of aromatic nitrogens is 4. The van der Waals surface area contributed by atoms with E-state index >= 15 is 0 Å². The van der Waals surface area contributed by atoms with Crippen LogP contribution >= 0.6 is 0 Å². The van der Waals surface area contributed by atoms with Crippen molar-refractivity contribution in [3.63, 3.8) is 0 Å². The predicted octanol–water partition coefficient (Wildman–Crippen LogP) is -1.43. The van der Waals surface area contributed by atoms with E-state index in [2.05, 4.69) is 35.9 Å². The first-order chi connectivity index (χ1) is 17.6. The fourth-order valence-corrected chi connectivity index (χ4v) is 3.63. The highest BCUT2D eigenvalue weighted by Crippen LogP contribution is 2.08. The van der Waals surface area contributed by atoms with Crippen molar-refractivity contribution < 1.29 is 24.3 Å². The van der Waals surface area contributed by atoms with Gasteiger partial charge in [-0.25, -0.2) is 14.8 Å². The minimum absolute atomic E-state index is 0.0105. The molecule has 10 N–H and O–H groups in total. The van der Waals surface area contributed by atoms with E-state index in [0.29, 0.717) is 30.8 Å². The number of aliphatic carboxylic acids is 1. The van der Waals surface area contributed by atoms with Crippen LogP contribution in [0.3, 0.4) is 0 Å². The molecule has 0 fully saturated rings. The third-order valence-electron chi connectivity index (χ3n) is 5.75. The number of rotatable bonds is 16. The van der Waals surface area contributed by atoms with Crippen molar-refractivity contribution in [2.45, 2.75) is 70.1 Å². The Morgan fingerprint density at radius 3 is 2.00 bits per heavy atom. The summed E-state index contributed by atoms with van der Waals surface area (Å²) in [5, 5.41) is 17.4. The quantitative estimate of drug-likeness (QED) is 0.121. The summed E-state index contributed by atoms with van der Waals surface area (Å²) < 4.78 is 0. The van der Waals surface area contributed by atoms with Gasteiger partial charge in [-0.05, 0) is 31.7 Å². The van der Waals surface area contributed by atoms with Crippen LogP contribution in [0.4, 0.5) is 0 Å². The summed E-state index contributed by atoms with van der Waals surface area (Å²) in [4.78, 5) is 64.1. The highest BCUT2D eigenvalue weighted by atomic mass is 16.4. The number of amides is 3. The molecule has 2 aromatic heterocycles. The van der Waals surface area contributed by atoms with Crippen molar-refractivity contribution in [2.24, 2.45) is 17.4 Å². The van der Waals surface area contributed by atoms with Crippen LogP contribution in [0.25, 0.3) is 0 Å². The molecule has 14 nitrogen and oxygen atoms in total. The smallest absolute Gasteiger partial charge is 0.326 e. The SMILES string of the molecule is CC(C)C(NC(=O)C(N)Cc1cnc[nH]1)C(=O)NC(CCCCN)C(=O)NC(Cc1cnc[nH]1)C(=O)O. The van der Waals surface area contributed by atoms with E-state index < -0.39 is 47.9 Å². The Hall–Kier alpha value is -3.78. The first-order valence-corrected chi connectivity index (χ1v) is 12.2. The lowest BCUT2D eigenvalue weighted by molar-refractivity contribution is -0.142. The number of nitrogens with zero attached hydrogens (tertiary/aromatic N) is 2. The van der Waals surface area contributed by atoms with Gasteiger partial charge in [-0.3, -0.25) is 14.4 Å². The first-order valence-electron chi connectivity index (χ1n) is 12.2. The molecule has 0 aliphatic carbocycles. The monoisotopic (exact) mass is 519 g/mol. The van der Waals surface area contributed by atoms with Gasteiger partial charge in [0.2, 0.25) is 17.7 Å². The Bertz CT molecular complexity index is 994. The number of unbranched alkanes of at least 4 members (excludes halogenated alkanes) is 1. The van der Waals surface area contributed by atoms with Crippen molar-refractivity contribution in [2.75, 3.05) is 6.54 Å². The third-order valence-corrected chi connectivity index (χ3v) is 5.75. The molecule has 2 rings (SSSR count). The molecular weight excluding hydrogens is 482 g/mol. The van der Waals surface area contributed by atoms with Gasteiger partial charge in [-0.2, -0.15) is 0 Å². The number of carboxylic acid groups (broad SMARTS) is 1. The Morgan fingerprint density at radius 2 is 1.49 bits per heavy atom. The second-order valence-corrected chi connectivity index (χ2v) is 9.14. The molecule has 0 saturated heterocycles. The van der Waals surface area contributed by atoms with Crippen molar-refractivity contribution in [1.82, 2.24) is 35.9 Å². The molecule has 0 aromatic carbocycles. The number of nitrogens with two attached hydrogens (primary N) is 2. The van der Waals surface area contributed by atoms with Crippen LogP contribution in [-0.2, 0) is 32.0 Å². The second kappa shape index (κ2) is 14.7. The summed E-state index contributed by atoms with van der Waals surface area (Å²) >= 11 is 0. The lowest BCUT2D eigenvalue weighted by Gasteiger charge is -2.27. The summed E-state index contributed by atoms with van der Waals surface area (Å²) in [7, 11) is 0. The molecule has 3 amide bonds. The summed E-state index contributed by atoms with van der Waals surface area (Å²) in [5.41, 5.74) is 12.8. The average Bonchev–Trinajstić information content (AvgIpc) is 3.55. The maximum atomic E-state index is 13.2. The summed E-state index contributed by atoms with van der Waals surface area (Å²) in [5.74, 6) is -3.30.